The molecule has 0 unspecified atom stereocenters. The number of alkyl halides is 1. The summed E-state index contributed by atoms with van der Waals surface area (Å²) in [4.78, 5) is 10.0. The van der Waals surface area contributed by atoms with E-state index in [0.717, 1.165) is 5.33 Å². The first-order chi connectivity index (χ1) is 7.74. The summed E-state index contributed by atoms with van der Waals surface area (Å²) in [6.45, 7) is 7.39. The molecule has 0 aliphatic rings. The zero-order chi connectivity index (χ0) is 13.5. The quantitative estimate of drug-likeness (QED) is 0.803. The molecule has 1 amide bonds. The number of halogens is 1. The highest BCUT2D eigenvalue weighted by atomic mass is 79.9. The highest BCUT2D eigenvalue weighted by Gasteiger charge is 2.12. The van der Waals surface area contributed by atoms with Crippen LogP contribution in [0.15, 0.2) is 24.3 Å². The lowest BCUT2D eigenvalue weighted by Crippen LogP contribution is -2.27. The smallest absolute Gasteiger partial charge is 0.405 e. The van der Waals surface area contributed by atoms with Crippen LogP contribution in [0.1, 0.15) is 31.9 Å². The van der Waals surface area contributed by atoms with Crippen molar-refractivity contribution >= 4 is 22.0 Å². The van der Waals surface area contributed by atoms with Gasteiger partial charge < -0.3 is 10.5 Å². The molecular weight excluding hydrogens is 282 g/mol. The fourth-order valence-electron chi connectivity index (χ4n) is 1.10. The van der Waals surface area contributed by atoms with E-state index in [1.807, 2.05) is 0 Å². The molecule has 1 rings (SSSR count). The summed E-state index contributed by atoms with van der Waals surface area (Å²) in [7, 11) is 0. The summed E-state index contributed by atoms with van der Waals surface area (Å²) in [5.41, 5.74) is 6.93. The van der Waals surface area contributed by atoms with Crippen LogP contribution in [-0.2, 0) is 10.1 Å². The van der Waals surface area contributed by atoms with E-state index in [4.69, 9.17) is 5.73 Å². The number of primary amides is 1. The van der Waals surface area contributed by atoms with Gasteiger partial charge in [-0.2, -0.15) is 0 Å². The van der Waals surface area contributed by atoms with Gasteiger partial charge in [-0.1, -0.05) is 45.8 Å². The Kier molecular flexibility index (Phi) is 6.88. The number of rotatable bonds is 1. The molecule has 17 heavy (non-hydrogen) atoms. The van der Waals surface area contributed by atoms with Gasteiger partial charge in [0, 0.05) is 5.33 Å². The van der Waals surface area contributed by atoms with E-state index in [1.165, 1.54) is 11.1 Å². The molecule has 4 heteroatoms. The first-order valence-corrected chi connectivity index (χ1v) is 6.46. The van der Waals surface area contributed by atoms with Gasteiger partial charge in [0.25, 0.3) is 0 Å². The number of hydrogen-bond acceptors (Lipinski definition) is 2. The molecular formula is C13H20BrNO2. The van der Waals surface area contributed by atoms with Gasteiger partial charge in [0.2, 0.25) is 0 Å². The van der Waals surface area contributed by atoms with Crippen LogP contribution in [0.4, 0.5) is 4.79 Å². The minimum Gasteiger partial charge on any atom is -0.444 e. The first-order valence-electron chi connectivity index (χ1n) is 5.34. The molecule has 0 radical (unpaired) electrons. The number of hydrogen-bond donors (Lipinski definition) is 1. The summed E-state index contributed by atoms with van der Waals surface area (Å²) in [6.07, 6.45) is -0.725. The van der Waals surface area contributed by atoms with Crippen LogP contribution in [-0.4, -0.2) is 11.7 Å². The average molecular weight is 302 g/mol. The second-order valence-electron chi connectivity index (χ2n) is 4.66. The Morgan fingerprint density at radius 2 is 2.00 bits per heavy atom. The summed E-state index contributed by atoms with van der Waals surface area (Å²) >= 11 is 3.39. The fourth-order valence-corrected chi connectivity index (χ4v) is 1.45. The molecule has 3 nitrogen and oxygen atoms in total. The van der Waals surface area contributed by atoms with Crippen LogP contribution < -0.4 is 5.73 Å². The molecule has 0 saturated heterocycles. The molecule has 0 bridgehead atoms. The van der Waals surface area contributed by atoms with E-state index < -0.39 is 11.7 Å². The zero-order valence-electron chi connectivity index (χ0n) is 10.8. The van der Waals surface area contributed by atoms with Crippen molar-refractivity contribution in [1.82, 2.24) is 0 Å². The van der Waals surface area contributed by atoms with Gasteiger partial charge in [-0.05, 0) is 33.3 Å². The largest absolute Gasteiger partial charge is 0.444 e. The first kappa shape index (κ1) is 16.0. The van der Waals surface area contributed by atoms with E-state index >= 15 is 0 Å². The highest BCUT2D eigenvalue weighted by Crippen LogP contribution is 2.07. The van der Waals surface area contributed by atoms with Crippen molar-refractivity contribution in [3.63, 3.8) is 0 Å². The van der Waals surface area contributed by atoms with E-state index in [1.54, 1.807) is 20.8 Å². The number of nitrogens with two attached hydrogens (primary N) is 1. The number of carbonyl (C=O) groups excluding carboxylic acids is 1. The standard InChI is InChI=1S/C8H9Br.C5H11NO2/c1-7-3-2-4-8(5-7)6-9;1-5(2,3)8-4(6)7/h2-5H,6H2,1H3;1-3H3,(H2,6,7). The Balaban J connectivity index is 0.000000304. The molecule has 0 aliphatic carbocycles. The SMILES string of the molecule is CC(C)(C)OC(N)=O.Cc1cccc(CBr)c1. The van der Waals surface area contributed by atoms with E-state index in [9.17, 15) is 4.79 Å². The van der Waals surface area contributed by atoms with Crippen molar-refractivity contribution in [2.24, 2.45) is 5.73 Å². The molecule has 2 N–H and O–H groups in total. The maximum atomic E-state index is 10.0. The second-order valence-corrected chi connectivity index (χ2v) is 5.22. The number of carbonyl (C=O) groups is 1. The molecule has 96 valence electrons. The van der Waals surface area contributed by atoms with Gasteiger partial charge >= 0.3 is 6.09 Å². The lowest BCUT2D eigenvalue weighted by molar-refractivity contribution is 0.0600. The van der Waals surface area contributed by atoms with Gasteiger partial charge in [0.1, 0.15) is 5.60 Å². The second kappa shape index (κ2) is 7.33. The number of aryl methyl sites for hydroxylation is 1. The number of ether oxygens (including phenoxy) is 1. The molecule has 0 fully saturated rings. The van der Waals surface area contributed by atoms with Crippen LogP contribution in [0, 0.1) is 6.92 Å². The predicted molar refractivity (Wildman–Crippen MR) is 74.2 cm³/mol. The predicted octanol–water partition coefficient (Wildman–Crippen LogP) is 3.77. The van der Waals surface area contributed by atoms with Crippen LogP contribution >= 0.6 is 15.9 Å². The summed E-state index contributed by atoms with van der Waals surface area (Å²) in [6, 6.07) is 8.47. The molecule has 0 heterocycles. The molecule has 0 aromatic heterocycles. The molecule has 0 saturated carbocycles. The topological polar surface area (TPSA) is 52.3 Å². The van der Waals surface area contributed by atoms with Crippen LogP contribution in [0.2, 0.25) is 0 Å². The van der Waals surface area contributed by atoms with Crippen molar-refractivity contribution in [1.29, 1.82) is 0 Å². The lowest BCUT2D eigenvalue weighted by atomic mass is 10.2. The van der Waals surface area contributed by atoms with Crippen molar-refractivity contribution in [2.45, 2.75) is 38.6 Å². The molecule has 0 spiro atoms. The van der Waals surface area contributed by atoms with Gasteiger partial charge in [0.05, 0.1) is 0 Å². The average Bonchev–Trinajstić information content (AvgIpc) is 2.14. The van der Waals surface area contributed by atoms with Crippen molar-refractivity contribution < 1.29 is 9.53 Å². The summed E-state index contributed by atoms with van der Waals surface area (Å²) in [5.74, 6) is 0. The Morgan fingerprint density at radius 1 is 1.41 bits per heavy atom. The van der Waals surface area contributed by atoms with Gasteiger partial charge in [-0.3, -0.25) is 0 Å². The van der Waals surface area contributed by atoms with Crippen LogP contribution in [0.25, 0.3) is 0 Å². The Bertz CT molecular complexity index is 359. The molecule has 1 aromatic carbocycles. The Morgan fingerprint density at radius 3 is 2.24 bits per heavy atom. The minimum absolute atomic E-state index is 0.453. The third kappa shape index (κ3) is 9.87. The maximum Gasteiger partial charge on any atom is 0.405 e. The van der Waals surface area contributed by atoms with Crippen LogP contribution in [0.5, 0.6) is 0 Å². The summed E-state index contributed by atoms with van der Waals surface area (Å²) < 4.78 is 4.58. The lowest BCUT2D eigenvalue weighted by Gasteiger charge is -2.16. The minimum atomic E-state index is -0.725. The maximum absolute atomic E-state index is 10.0. The van der Waals surface area contributed by atoms with Gasteiger partial charge in [-0.25, -0.2) is 4.79 Å². The third-order valence-electron chi connectivity index (χ3n) is 1.64. The number of amides is 1. The zero-order valence-corrected chi connectivity index (χ0v) is 12.4. The van der Waals surface area contributed by atoms with Crippen molar-refractivity contribution in [3.8, 4) is 0 Å². The highest BCUT2D eigenvalue weighted by molar-refractivity contribution is 9.08. The fraction of sp³-hybridized carbons (Fsp3) is 0.462. The Hall–Kier alpha value is -1.03. The normalized spacial score (nSPS) is 10.2. The monoisotopic (exact) mass is 301 g/mol. The number of benzene rings is 1. The Labute approximate surface area is 111 Å². The molecule has 1 aromatic rings. The molecule has 0 aliphatic heterocycles. The third-order valence-corrected chi connectivity index (χ3v) is 2.29. The van der Waals surface area contributed by atoms with Crippen molar-refractivity contribution in [3.05, 3.63) is 35.4 Å². The van der Waals surface area contributed by atoms with Crippen LogP contribution in [0.3, 0.4) is 0 Å². The van der Waals surface area contributed by atoms with E-state index in [0.29, 0.717) is 0 Å². The molecule has 0 atom stereocenters. The van der Waals surface area contributed by atoms with Crippen molar-refractivity contribution in [2.75, 3.05) is 0 Å². The summed E-state index contributed by atoms with van der Waals surface area (Å²) in [5, 5.41) is 0.953. The van der Waals surface area contributed by atoms with E-state index in [2.05, 4.69) is 51.9 Å². The van der Waals surface area contributed by atoms with Gasteiger partial charge in [-0.15, -0.1) is 0 Å². The van der Waals surface area contributed by atoms with Gasteiger partial charge in [0.15, 0.2) is 0 Å². The van der Waals surface area contributed by atoms with E-state index in [-0.39, 0.29) is 0 Å².